The molecule has 0 heterocycles. The third kappa shape index (κ3) is 4.31. The van der Waals surface area contributed by atoms with Crippen molar-refractivity contribution in [2.45, 2.75) is 20.3 Å². The molecule has 48 valence electrons. The van der Waals surface area contributed by atoms with Gasteiger partial charge in [-0.25, -0.2) is 0 Å². The predicted molar refractivity (Wildman–Crippen MR) is 42.1 cm³/mol. The summed E-state index contributed by atoms with van der Waals surface area (Å²) in [4.78, 5) is 4.23. The zero-order valence-electron chi connectivity index (χ0n) is 5.45. The van der Waals surface area contributed by atoms with E-state index in [4.69, 9.17) is 0 Å². The van der Waals surface area contributed by atoms with E-state index in [0.717, 1.165) is 18.3 Å². The summed E-state index contributed by atoms with van der Waals surface area (Å²) < 4.78 is 0. The van der Waals surface area contributed by atoms with Crippen molar-refractivity contribution in [1.82, 2.24) is 0 Å². The number of rotatable bonds is 3. The van der Waals surface area contributed by atoms with Gasteiger partial charge < -0.3 is 0 Å². The van der Waals surface area contributed by atoms with E-state index >= 15 is 0 Å². The molecule has 0 saturated carbocycles. The fourth-order valence-electron chi connectivity index (χ4n) is 0.345. The third-order valence-electron chi connectivity index (χ3n) is 0.978. The molecule has 0 atom stereocenters. The van der Waals surface area contributed by atoms with Crippen LogP contribution in [-0.4, -0.2) is 17.6 Å². The van der Waals surface area contributed by atoms with E-state index in [1.165, 1.54) is 5.71 Å². The maximum absolute atomic E-state index is 4.23. The molecule has 0 amide bonds. The lowest BCUT2D eigenvalue weighted by Crippen LogP contribution is -1.90. The van der Waals surface area contributed by atoms with Crippen LogP contribution in [0.5, 0.6) is 0 Å². The lowest BCUT2D eigenvalue weighted by molar-refractivity contribution is 1.11. The quantitative estimate of drug-likeness (QED) is 0.464. The van der Waals surface area contributed by atoms with Crippen LogP contribution in [0, 0.1) is 0 Å². The zero-order chi connectivity index (χ0) is 6.41. The van der Waals surface area contributed by atoms with Gasteiger partial charge in [-0.05, 0) is 13.3 Å². The predicted octanol–water partition coefficient (Wildman–Crippen LogP) is 2.25. The highest BCUT2D eigenvalue weighted by Gasteiger charge is 1.81. The molecule has 0 aliphatic heterocycles. The molecule has 8 heavy (non-hydrogen) atoms. The van der Waals surface area contributed by atoms with Crippen molar-refractivity contribution in [3.8, 4) is 0 Å². The first-order valence-corrected chi connectivity index (χ1v) is 3.99. The molecule has 0 spiro atoms. The van der Waals surface area contributed by atoms with Gasteiger partial charge in [-0.1, -0.05) is 22.9 Å². The van der Waals surface area contributed by atoms with Crippen LogP contribution < -0.4 is 0 Å². The second kappa shape index (κ2) is 5.29. The highest BCUT2D eigenvalue weighted by atomic mass is 79.9. The molecule has 0 N–H and O–H groups in total. The first-order chi connectivity index (χ1) is 3.81. The molecule has 0 aliphatic rings. The highest BCUT2D eigenvalue weighted by molar-refractivity contribution is 9.09. The van der Waals surface area contributed by atoms with Gasteiger partial charge in [-0.2, -0.15) is 0 Å². The van der Waals surface area contributed by atoms with Crippen molar-refractivity contribution in [3.05, 3.63) is 0 Å². The minimum Gasteiger partial charge on any atom is -0.294 e. The molecule has 0 aliphatic carbocycles. The Hall–Kier alpha value is 0.150. The van der Waals surface area contributed by atoms with Gasteiger partial charge >= 0.3 is 0 Å². The molecule has 0 aromatic heterocycles. The number of hydrogen-bond donors (Lipinski definition) is 0. The fourth-order valence-corrected chi connectivity index (χ4v) is 0.522. The Morgan fingerprint density at radius 1 is 1.62 bits per heavy atom. The molecule has 0 rings (SSSR count). The summed E-state index contributed by atoms with van der Waals surface area (Å²) in [6.45, 7) is 5.09. The van der Waals surface area contributed by atoms with Gasteiger partial charge in [0.05, 0.1) is 0 Å². The number of aliphatic imine (C=N–C) groups is 1. The zero-order valence-corrected chi connectivity index (χ0v) is 7.03. The molecular formula is C6H12BrN. The number of hydrogen-bond acceptors (Lipinski definition) is 1. The second-order valence-electron chi connectivity index (χ2n) is 1.66. The summed E-state index contributed by atoms with van der Waals surface area (Å²) in [6, 6.07) is 0. The van der Waals surface area contributed by atoms with Crippen LogP contribution in [0.2, 0.25) is 0 Å². The van der Waals surface area contributed by atoms with Gasteiger partial charge in [0.15, 0.2) is 0 Å². The van der Waals surface area contributed by atoms with Gasteiger partial charge in [0.1, 0.15) is 0 Å². The lowest BCUT2D eigenvalue weighted by Gasteiger charge is -1.90. The van der Waals surface area contributed by atoms with Gasteiger partial charge in [-0.3, -0.25) is 4.99 Å². The topological polar surface area (TPSA) is 12.4 Å². The van der Waals surface area contributed by atoms with Crippen LogP contribution in [-0.2, 0) is 0 Å². The van der Waals surface area contributed by atoms with E-state index in [1.54, 1.807) is 0 Å². The number of nitrogens with zero attached hydrogens (tertiary/aromatic N) is 1. The van der Waals surface area contributed by atoms with Crippen LogP contribution in [0.3, 0.4) is 0 Å². The van der Waals surface area contributed by atoms with E-state index in [2.05, 4.69) is 34.8 Å². The molecule has 0 fully saturated rings. The molecule has 1 nitrogen and oxygen atoms in total. The average molecular weight is 178 g/mol. The summed E-state index contributed by atoms with van der Waals surface area (Å²) in [7, 11) is 0. The fraction of sp³-hybridized carbons (Fsp3) is 0.833. The van der Waals surface area contributed by atoms with E-state index in [9.17, 15) is 0 Å². The molecule has 0 saturated heterocycles. The van der Waals surface area contributed by atoms with Crippen molar-refractivity contribution in [2.24, 2.45) is 4.99 Å². The molecule has 2 heteroatoms. The van der Waals surface area contributed by atoms with Gasteiger partial charge in [-0.15, -0.1) is 0 Å². The van der Waals surface area contributed by atoms with Gasteiger partial charge in [0, 0.05) is 17.6 Å². The Kier molecular flexibility index (Phi) is 5.39. The summed E-state index contributed by atoms with van der Waals surface area (Å²) in [5.41, 5.74) is 1.24. The summed E-state index contributed by atoms with van der Waals surface area (Å²) >= 11 is 3.30. The number of alkyl halides is 1. The summed E-state index contributed by atoms with van der Waals surface area (Å²) in [6.07, 6.45) is 1.08. The molecular weight excluding hydrogens is 166 g/mol. The molecule has 0 radical (unpaired) electrons. The first-order valence-electron chi connectivity index (χ1n) is 2.87. The monoisotopic (exact) mass is 177 g/mol. The average Bonchev–Trinajstić information content (AvgIpc) is 1.83. The highest BCUT2D eigenvalue weighted by Crippen LogP contribution is 1.86. The smallest absolute Gasteiger partial charge is 0.0485 e. The molecule has 0 aromatic carbocycles. The second-order valence-corrected chi connectivity index (χ2v) is 2.45. The Labute approximate surface area is 59.3 Å². The van der Waals surface area contributed by atoms with E-state index < -0.39 is 0 Å². The first kappa shape index (κ1) is 8.15. The van der Waals surface area contributed by atoms with Crippen LogP contribution in [0.15, 0.2) is 4.99 Å². The Morgan fingerprint density at radius 2 is 2.25 bits per heavy atom. The van der Waals surface area contributed by atoms with Crippen molar-refractivity contribution >= 4 is 21.6 Å². The molecule has 0 bridgehead atoms. The largest absolute Gasteiger partial charge is 0.294 e. The van der Waals surface area contributed by atoms with Crippen molar-refractivity contribution in [2.75, 3.05) is 11.9 Å². The maximum atomic E-state index is 4.23. The van der Waals surface area contributed by atoms with E-state index in [1.807, 2.05) is 0 Å². The van der Waals surface area contributed by atoms with E-state index in [-0.39, 0.29) is 0 Å². The van der Waals surface area contributed by atoms with Gasteiger partial charge in [0.25, 0.3) is 0 Å². The van der Waals surface area contributed by atoms with Crippen LogP contribution in [0.1, 0.15) is 20.3 Å². The van der Waals surface area contributed by atoms with Crippen molar-refractivity contribution < 1.29 is 0 Å². The van der Waals surface area contributed by atoms with Gasteiger partial charge in [0.2, 0.25) is 0 Å². The minimum atomic E-state index is 0.916. The molecule has 0 aromatic rings. The van der Waals surface area contributed by atoms with Crippen LogP contribution in [0.25, 0.3) is 0 Å². The lowest BCUT2D eigenvalue weighted by atomic mass is 10.3. The maximum Gasteiger partial charge on any atom is 0.0485 e. The normalized spacial score (nSPS) is 12.1. The Bertz CT molecular complexity index is 78.6. The van der Waals surface area contributed by atoms with Crippen LogP contribution in [0.4, 0.5) is 0 Å². The minimum absolute atomic E-state index is 0.916. The summed E-state index contributed by atoms with van der Waals surface area (Å²) in [5, 5.41) is 0.977. The standard InChI is InChI=1S/C6H12BrN/c1-3-6(2)8-5-4-7/h3-5H2,1-2H3. The van der Waals surface area contributed by atoms with Crippen molar-refractivity contribution in [3.63, 3.8) is 0 Å². The Balaban J connectivity index is 3.26. The Morgan fingerprint density at radius 3 is 2.62 bits per heavy atom. The summed E-state index contributed by atoms with van der Waals surface area (Å²) in [5.74, 6) is 0. The SMILES string of the molecule is CCC(C)=NCCBr. The third-order valence-corrected chi connectivity index (χ3v) is 1.33. The van der Waals surface area contributed by atoms with E-state index in [0.29, 0.717) is 0 Å². The molecule has 0 unspecified atom stereocenters. The number of halogens is 1. The van der Waals surface area contributed by atoms with Crippen LogP contribution >= 0.6 is 15.9 Å². The van der Waals surface area contributed by atoms with Crippen molar-refractivity contribution in [1.29, 1.82) is 0 Å².